The van der Waals surface area contributed by atoms with Crippen LogP contribution < -0.4 is 11.5 Å². The van der Waals surface area contributed by atoms with Crippen LogP contribution in [0.5, 0.6) is 0 Å². The first-order valence-corrected chi connectivity index (χ1v) is 5.35. The summed E-state index contributed by atoms with van der Waals surface area (Å²) in [7, 11) is 0. The van der Waals surface area contributed by atoms with Crippen LogP contribution in [0.15, 0.2) is 0 Å². The van der Waals surface area contributed by atoms with E-state index in [0.29, 0.717) is 0 Å². The average molecular weight is 234 g/mol. The molecule has 1 rings (SSSR count). The van der Waals surface area contributed by atoms with E-state index < -0.39 is 41.4 Å². The number of hydrogen-bond donors (Lipinski definition) is 6. The molecule has 0 heterocycles. The monoisotopic (exact) mass is 234 g/mol. The molecule has 1 aliphatic rings. The largest absolute Gasteiger partial charge is 0.393 e. The second kappa shape index (κ2) is 3.63. The molecule has 0 unspecified atom stereocenters. The first-order chi connectivity index (χ1) is 7.07. The first kappa shape index (κ1) is 13.8. The lowest BCUT2D eigenvalue weighted by Gasteiger charge is -2.45. The summed E-state index contributed by atoms with van der Waals surface area (Å²) in [4.78, 5) is 0. The number of hydrogen-bond acceptors (Lipinski definition) is 6. The van der Waals surface area contributed by atoms with Gasteiger partial charge in [-0.05, 0) is 19.8 Å². The van der Waals surface area contributed by atoms with Crippen LogP contribution in [0.3, 0.4) is 0 Å². The molecule has 0 spiro atoms. The van der Waals surface area contributed by atoms with Crippen LogP contribution in [0, 0.1) is 5.92 Å². The molecule has 6 heteroatoms. The second-order valence-electron chi connectivity index (χ2n) is 5.08. The molecule has 1 fully saturated rings. The highest BCUT2D eigenvalue weighted by Gasteiger charge is 2.71. The van der Waals surface area contributed by atoms with Gasteiger partial charge in [-0.15, -0.1) is 0 Å². The van der Waals surface area contributed by atoms with Crippen molar-refractivity contribution in [1.29, 1.82) is 0 Å². The van der Waals surface area contributed by atoms with Crippen molar-refractivity contribution in [2.45, 2.75) is 49.7 Å². The lowest BCUT2D eigenvalue weighted by Crippen LogP contribution is -2.71. The van der Waals surface area contributed by atoms with E-state index in [-0.39, 0.29) is 0 Å². The Kier molecular flexibility index (Phi) is 3.13. The molecule has 0 aromatic heterocycles. The quantitative estimate of drug-likeness (QED) is 0.313. The van der Waals surface area contributed by atoms with Crippen LogP contribution in [0.25, 0.3) is 0 Å². The Morgan fingerprint density at radius 3 is 2.00 bits per heavy atom. The highest BCUT2D eigenvalue weighted by atomic mass is 16.4. The van der Waals surface area contributed by atoms with Crippen molar-refractivity contribution in [3.05, 3.63) is 0 Å². The third kappa shape index (κ3) is 1.23. The maximum absolute atomic E-state index is 10.4. The molecule has 0 aromatic carbocycles. The smallest absolute Gasteiger partial charge is 0.133 e. The minimum atomic E-state index is -1.92. The zero-order valence-corrected chi connectivity index (χ0v) is 9.88. The van der Waals surface area contributed by atoms with Crippen LogP contribution in [-0.4, -0.2) is 55.9 Å². The fourth-order valence-corrected chi connectivity index (χ4v) is 2.90. The molecule has 0 bridgehead atoms. The Bertz CT molecular complexity index is 284. The topological polar surface area (TPSA) is 133 Å². The standard InChI is InChI=1S/C10H22N2O4/c1-5-7(11)9(16,4-13)8(3,15)10(5,12)6(2)14/h5-7,13-16H,4,11-12H2,1-3H3/t5-,6+,7-,8-,9+,10+/m0/s1. The van der Waals surface area contributed by atoms with Crippen LogP contribution in [0.2, 0.25) is 0 Å². The molecule has 6 nitrogen and oxygen atoms in total. The van der Waals surface area contributed by atoms with Crippen LogP contribution in [-0.2, 0) is 0 Å². The van der Waals surface area contributed by atoms with E-state index >= 15 is 0 Å². The van der Waals surface area contributed by atoms with E-state index in [1.54, 1.807) is 6.92 Å². The Hall–Kier alpha value is -0.240. The molecule has 0 saturated heterocycles. The zero-order chi connectivity index (χ0) is 12.9. The molecule has 0 amide bonds. The van der Waals surface area contributed by atoms with Gasteiger partial charge in [-0.1, -0.05) is 6.92 Å². The van der Waals surface area contributed by atoms with Gasteiger partial charge in [0.05, 0.1) is 18.2 Å². The molecular weight excluding hydrogens is 212 g/mol. The van der Waals surface area contributed by atoms with Gasteiger partial charge in [-0.3, -0.25) is 0 Å². The Labute approximate surface area is 94.9 Å². The average Bonchev–Trinajstić information content (AvgIpc) is 2.31. The van der Waals surface area contributed by atoms with Crippen molar-refractivity contribution in [2.75, 3.05) is 6.61 Å². The van der Waals surface area contributed by atoms with Gasteiger partial charge in [0, 0.05) is 6.04 Å². The molecule has 0 radical (unpaired) electrons. The Morgan fingerprint density at radius 1 is 1.38 bits per heavy atom. The number of nitrogens with two attached hydrogens (primary N) is 2. The summed E-state index contributed by atoms with van der Waals surface area (Å²) in [6.07, 6.45) is -1.07. The molecule has 0 aromatic rings. The number of rotatable bonds is 2. The molecule has 8 N–H and O–H groups in total. The molecular formula is C10H22N2O4. The van der Waals surface area contributed by atoms with E-state index in [2.05, 4.69) is 0 Å². The SMILES string of the molecule is C[C@@H](O)[C@]1(N)[C@@H](C)[C@H](N)[C@](O)(CO)[C@]1(C)O. The summed E-state index contributed by atoms with van der Waals surface area (Å²) in [6.45, 7) is 3.65. The van der Waals surface area contributed by atoms with E-state index in [0.717, 1.165) is 0 Å². The lowest BCUT2D eigenvalue weighted by atomic mass is 9.73. The molecule has 1 aliphatic carbocycles. The molecule has 0 aliphatic heterocycles. The maximum Gasteiger partial charge on any atom is 0.133 e. The van der Waals surface area contributed by atoms with Gasteiger partial charge in [-0.25, -0.2) is 0 Å². The van der Waals surface area contributed by atoms with Crippen LogP contribution in [0.4, 0.5) is 0 Å². The van der Waals surface area contributed by atoms with Crippen molar-refractivity contribution >= 4 is 0 Å². The van der Waals surface area contributed by atoms with Crippen LogP contribution in [0.1, 0.15) is 20.8 Å². The normalized spacial score (nSPS) is 55.3. The van der Waals surface area contributed by atoms with Crippen molar-refractivity contribution in [3.63, 3.8) is 0 Å². The summed E-state index contributed by atoms with van der Waals surface area (Å²) in [6, 6.07) is -0.910. The van der Waals surface area contributed by atoms with Gasteiger partial charge < -0.3 is 31.9 Å². The van der Waals surface area contributed by atoms with Crippen molar-refractivity contribution in [3.8, 4) is 0 Å². The van der Waals surface area contributed by atoms with Crippen molar-refractivity contribution in [1.82, 2.24) is 0 Å². The Balaban J connectivity index is 3.36. The number of aliphatic hydroxyl groups excluding tert-OH is 2. The molecule has 16 heavy (non-hydrogen) atoms. The fraction of sp³-hybridized carbons (Fsp3) is 1.00. The van der Waals surface area contributed by atoms with Crippen molar-refractivity contribution < 1.29 is 20.4 Å². The highest BCUT2D eigenvalue weighted by molar-refractivity contribution is 5.27. The van der Waals surface area contributed by atoms with E-state index in [1.807, 2.05) is 0 Å². The summed E-state index contributed by atoms with van der Waals surface area (Å²) >= 11 is 0. The van der Waals surface area contributed by atoms with Crippen LogP contribution >= 0.6 is 0 Å². The molecule has 96 valence electrons. The van der Waals surface area contributed by atoms with Gasteiger partial charge >= 0.3 is 0 Å². The molecule has 1 saturated carbocycles. The zero-order valence-electron chi connectivity index (χ0n) is 9.88. The van der Waals surface area contributed by atoms with Gasteiger partial charge in [0.2, 0.25) is 0 Å². The van der Waals surface area contributed by atoms with Gasteiger partial charge in [0.25, 0.3) is 0 Å². The van der Waals surface area contributed by atoms with Gasteiger partial charge in [0.1, 0.15) is 11.2 Å². The lowest BCUT2D eigenvalue weighted by molar-refractivity contribution is -0.182. The van der Waals surface area contributed by atoms with E-state index in [1.165, 1.54) is 13.8 Å². The predicted molar refractivity (Wildman–Crippen MR) is 58.4 cm³/mol. The third-order valence-electron chi connectivity index (χ3n) is 4.46. The minimum Gasteiger partial charge on any atom is -0.393 e. The van der Waals surface area contributed by atoms with Gasteiger partial charge in [-0.2, -0.15) is 0 Å². The summed E-state index contributed by atoms with van der Waals surface area (Å²) in [5.41, 5.74) is 6.55. The minimum absolute atomic E-state index is 0.542. The summed E-state index contributed by atoms with van der Waals surface area (Å²) in [5.74, 6) is -0.542. The summed E-state index contributed by atoms with van der Waals surface area (Å²) in [5, 5.41) is 39.6. The first-order valence-electron chi connectivity index (χ1n) is 5.35. The molecule has 6 atom stereocenters. The van der Waals surface area contributed by atoms with Crippen molar-refractivity contribution in [2.24, 2.45) is 17.4 Å². The maximum atomic E-state index is 10.4. The second-order valence-corrected chi connectivity index (χ2v) is 5.08. The predicted octanol–water partition coefficient (Wildman–Crippen LogP) is -2.48. The van der Waals surface area contributed by atoms with Gasteiger partial charge in [0.15, 0.2) is 0 Å². The fourth-order valence-electron chi connectivity index (χ4n) is 2.90. The Morgan fingerprint density at radius 2 is 1.81 bits per heavy atom. The highest BCUT2D eigenvalue weighted by Crippen LogP contribution is 2.49. The number of aliphatic hydroxyl groups is 4. The third-order valence-corrected chi connectivity index (χ3v) is 4.46. The van der Waals surface area contributed by atoms with E-state index in [9.17, 15) is 20.4 Å². The van der Waals surface area contributed by atoms with E-state index in [4.69, 9.17) is 11.5 Å². The summed E-state index contributed by atoms with van der Waals surface area (Å²) < 4.78 is 0.